The second kappa shape index (κ2) is 5.67. The van der Waals surface area contributed by atoms with Crippen molar-refractivity contribution in [2.45, 2.75) is 6.92 Å². The molecule has 1 aliphatic heterocycles. The molecule has 0 bridgehead atoms. The van der Waals surface area contributed by atoms with Gasteiger partial charge in [-0.3, -0.25) is 4.79 Å². The van der Waals surface area contributed by atoms with Gasteiger partial charge in [0, 0.05) is 36.8 Å². The molecule has 0 saturated carbocycles. The molecule has 2 rings (SSSR count). The molecule has 0 spiro atoms. The zero-order chi connectivity index (χ0) is 13.1. The molecule has 0 aromatic heterocycles. The van der Waals surface area contributed by atoms with E-state index < -0.39 is 5.82 Å². The number of rotatable bonds is 2. The highest BCUT2D eigenvalue weighted by Gasteiger charge is 2.21. The predicted molar refractivity (Wildman–Crippen MR) is 69.4 cm³/mol. The molecule has 0 unspecified atom stereocenters. The molecular formula is C13H16ClFN2O. The predicted octanol–water partition coefficient (Wildman–Crippen LogP) is 2.26. The number of benzene rings is 1. The van der Waals surface area contributed by atoms with Gasteiger partial charge in [0.2, 0.25) is 0 Å². The van der Waals surface area contributed by atoms with Gasteiger partial charge in [-0.25, -0.2) is 4.39 Å². The zero-order valence-corrected chi connectivity index (χ0v) is 11.1. The van der Waals surface area contributed by atoms with Crippen molar-refractivity contribution < 1.29 is 9.18 Å². The van der Waals surface area contributed by atoms with Crippen LogP contribution in [0, 0.1) is 5.82 Å². The summed E-state index contributed by atoms with van der Waals surface area (Å²) in [6.45, 7) is 6.19. The third kappa shape index (κ3) is 3.00. The van der Waals surface area contributed by atoms with Crippen LogP contribution in [0.4, 0.5) is 4.39 Å². The SMILES string of the molecule is CCN1CCN(C(=O)c2cc(F)cc(Cl)c2)CC1. The van der Waals surface area contributed by atoms with Crippen molar-refractivity contribution in [1.29, 1.82) is 0 Å². The van der Waals surface area contributed by atoms with E-state index in [-0.39, 0.29) is 10.9 Å². The lowest BCUT2D eigenvalue weighted by Gasteiger charge is -2.34. The lowest BCUT2D eigenvalue weighted by molar-refractivity contribution is 0.0643. The Kier molecular flexibility index (Phi) is 4.19. The maximum Gasteiger partial charge on any atom is 0.254 e. The Bertz CT molecular complexity index is 424. The van der Waals surface area contributed by atoms with E-state index in [2.05, 4.69) is 11.8 Å². The third-order valence-corrected chi connectivity index (χ3v) is 3.43. The van der Waals surface area contributed by atoms with Gasteiger partial charge in [-0.2, -0.15) is 0 Å². The highest BCUT2D eigenvalue weighted by molar-refractivity contribution is 6.31. The van der Waals surface area contributed by atoms with Gasteiger partial charge in [0.05, 0.1) is 0 Å². The summed E-state index contributed by atoms with van der Waals surface area (Å²) in [7, 11) is 0. The first-order valence-electron chi connectivity index (χ1n) is 6.08. The van der Waals surface area contributed by atoms with E-state index in [1.165, 1.54) is 18.2 Å². The zero-order valence-electron chi connectivity index (χ0n) is 10.3. The number of likely N-dealkylation sites (N-methyl/N-ethyl adjacent to an activating group) is 1. The lowest BCUT2D eigenvalue weighted by atomic mass is 10.1. The van der Waals surface area contributed by atoms with Crippen LogP contribution in [0.3, 0.4) is 0 Å². The maximum absolute atomic E-state index is 13.2. The van der Waals surface area contributed by atoms with E-state index in [1.54, 1.807) is 4.90 Å². The molecule has 1 aliphatic rings. The maximum atomic E-state index is 13.2. The topological polar surface area (TPSA) is 23.6 Å². The third-order valence-electron chi connectivity index (χ3n) is 3.22. The van der Waals surface area contributed by atoms with Crippen LogP contribution in [0.25, 0.3) is 0 Å². The van der Waals surface area contributed by atoms with E-state index in [4.69, 9.17) is 11.6 Å². The van der Waals surface area contributed by atoms with Crippen LogP contribution >= 0.6 is 11.6 Å². The fraction of sp³-hybridized carbons (Fsp3) is 0.462. The summed E-state index contributed by atoms with van der Waals surface area (Å²) >= 11 is 5.76. The first-order chi connectivity index (χ1) is 8.60. The second-order valence-corrected chi connectivity index (χ2v) is 4.82. The molecule has 0 atom stereocenters. The number of hydrogen-bond donors (Lipinski definition) is 0. The molecule has 3 nitrogen and oxygen atoms in total. The van der Waals surface area contributed by atoms with Crippen molar-refractivity contribution in [2.75, 3.05) is 32.7 Å². The quantitative estimate of drug-likeness (QED) is 0.823. The standard InChI is InChI=1S/C13H16ClFN2O/c1-2-16-3-5-17(6-4-16)13(18)10-7-11(14)9-12(15)8-10/h7-9H,2-6H2,1H3. The van der Waals surface area contributed by atoms with Crippen LogP contribution in [-0.4, -0.2) is 48.4 Å². The fourth-order valence-corrected chi connectivity index (χ4v) is 2.35. The molecule has 1 heterocycles. The molecule has 18 heavy (non-hydrogen) atoms. The first-order valence-corrected chi connectivity index (χ1v) is 6.45. The molecular weight excluding hydrogens is 255 g/mol. The summed E-state index contributed by atoms with van der Waals surface area (Å²) in [6.07, 6.45) is 0. The molecule has 1 fully saturated rings. The summed E-state index contributed by atoms with van der Waals surface area (Å²) in [5, 5.41) is 0.255. The van der Waals surface area contributed by atoms with Gasteiger partial charge in [-0.05, 0) is 24.7 Å². The molecule has 0 aliphatic carbocycles. The van der Waals surface area contributed by atoms with Crippen LogP contribution in [0.2, 0.25) is 5.02 Å². The monoisotopic (exact) mass is 270 g/mol. The lowest BCUT2D eigenvalue weighted by Crippen LogP contribution is -2.48. The number of piperazine rings is 1. The first kappa shape index (κ1) is 13.3. The number of halogens is 2. The minimum atomic E-state index is -0.474. The number of amides is 1. The molecule has 0 radical (unpaired) electrons. The Hall–Kier alpha value is -1.13. The summed E-state index contributed by atoms with van der Waals surface area (Å²) in [5.41, 5.74) is 0.324. The second-order valence-electron chi connectivity index (χ2n) is 4.38. The summed E-state index contributed by atoms with van der Waals surface area (Å²) in [5.74, 6) is -0.620. The number of hydrogen-bond acceptors (Lipinski definition) is 2. The molecule has 1 saturated heterocycles. The summed E-state index contributed by atoms with van der Waals surface area (Å²) in [6, 6.07) is 3.95. The van der Waals surface area contributed by atoms with Crippen LogP contribution < -0.4 is 0 Å². The number of nitrogens with zero attached hydrogens (tertiary/aromatic N) is 2. The van der Waals surface area contributed by atoms with E-state index in [9.17, 15) is 9.18 Å². The van der Waals surface area contributed by atoms with Crippen molar-refractivity contribution in [3.63, 3.8) is 0 Å². The van der Waals surface area contributed by atoms with Crippen molar-refractivity contribution in [3.05, 3.63) is 34.6 Å². The van der Waals surface area contributed by atoms with Gasteiger partial charge >= 0.3 is 0 Å². The van der Waals surface area contributed by atoms with E-state index in [0.29, 0.717) is 18.7 Å². The highest BCUT2D eigenvalue weighted by atomic mass is 35.5. The minimum absolute atomic E-state index is 0.146. The smallest absolute Gasteiger partial charge is 0.254 e. The van der Waals surface area contributed by atoms with Crippen molar-refractivity contribution in [3.8, 4) is 0 Å². The van der Waals surface area contributed by atoms with E-state index >= 15 is 0 Å². The molecule has 1 aromatic rings. The Labute approximate surface area is 111 Å². The van der Waals surface area contributed by atoms with Crippen LogP contribution in [0.5, 0.6) is 0 Å². The van der Waals surface area contributed by atoms with Gasteiger partial charge in [0.1, 0.15) is 5.82 Å². The average molecular weight is 271 g/mol. The van der Waals surface area contributed by atoms with Gasteiger partial charge < -0.3 is 9.80 Å². The van der Waals surface area contributed by atoms with Crippen molar-refractivity contribution in [2.24, 2.45) is 0 Å². The van der Waals surface area contributed by atoms with Gasteiger partial charge in [0.15, 0.2) is 0 Å². The normalized spacial score (nSPS) is 16.9. The molecule has 1 amide bonds. The van der Waals surface area contributed by atoms with Crippen LogP contribution in [0.1, 0.15) is 17.3 Å². The summed E-state index contributed by atoms with van der Waals surface area (Å²) < 4.78 is 13.2. The Morgan fingerprint density at radius 1 is 1.28 bits per heavy atom. The van der Waals surface area contributed by atoms with Gasteiger partial charge in [0.25, 0.3) is 5.91 Å². The summed E-state index contributed by atoms with van der Waals surface area (Å²) in [4.78, 5) is 16.2. The molecule has 1 aromatic carbocycles. The van der Waals surface area contributed by atoms with Gasteiger partial charge in [-0.1, -0.05) is 18.5 Å². The van der Waals surface area contributed by atoms with Crippen LogP contribution in [-0.2, 0) is 0 Å². The molecule has 5 heteroatoms. The Morgan fingerprint density at radius 3 is 2.50 bits per heavy atom. The van der Waals surface area contributed by atoms with E-state index in [0.717, 1.165) is 19.6 Å². The average Bonchev–Trinajstić information content (AvgIpc) is 2.37. The fourth-order valence-electron chi connectivity index (χ4n) is 2.13. The molecule has 98 valence electrons. The minimum Gasteiger partial charge on any atom is -0.336 e. The molecule has 0 N–H and O–H groups in total. The largest absolute Gasteiger partial charge is 0.336 e. The van der Waals surface area contributed by atoms with Gasteiger partial charge in [-0.15, -0.1) is 0 Å². The van der Waals surface area contributed by atoms with Crippen molar-refractivity contribution in [1.82, 2.24) is 9.80 Å². The number of carbonyl (C=O) groups is 1. The van der Waals surface area contributed by atoms with E-state index in [1.807, 2.05) is 0 Å². The van der Waals surface area contributed by atoms with Crippen LogP contribution in [0.15, 0.2) is 18.2 Å². The Balaban J connectivity index is 2.07. The Morgan fingerprint density at radius 2 is 1.94 bits per heavy atom. The van der Waals surface area contributed by atoms with Crippen molar-refractivity contribution >= 4 is 17.5 Å². The highest BCUT2D eigenvalue weighted by Crippen LogP contribution is 2.16. The number of carbonyl (C=O) groups excluding carboxylic acids is 1.